The van der Waals surface area contributed by atoms with E-state index in [1.54, 1.807) is 14.0 Å². The molecule has 17 heavy (non-hydrogen) atoms. The number of carboxylic acids is 1. The highest BCUT2D eigenvalue weighted by Crippen LogP contribution is 1.93. The average molecular weight is 264 g/mol. The predicted octanol–water partition coefficient (Wildman–Crippen LogP) is -0.198. The van der Waals surface area contributed by atoms with Gasteiger partial charge in [0.15, 0.2) is 0 Å². The van der Waals surface area contributed by atoms with Crippen molar-refractivity contribution in [3.63, 3.8) is 0 Å². The molecule has 2 N–H and O–H groups in total. The number of hydrogen-bond donors (Lipinski definition) is 3. The van der Waals surface area contributed by atoms with Crippen molar-refractivity contribution in [1.29, 1.82) is 0 Å². The van der Waals surface area contributed by atoms with Crippen LogP contribution in [0.4, 0.5) is 0 Å². The van der Waals surface area contributed by atoms with Crippen LogP contribution >= 0.6 is 12.6 Å². The Morgan fingerprint density at radius 3 is 2.65 bits per heavy atom. The third kappa shape index (κ3) is 8.96. The molecular formula is C10H20N2O4S. The lowest BCUT2D eigenvalue weighted by Crippen LogP contribution is -2.40. The van der Waals surface area contributed by atoms with Gasteiger partial charge in [-0.25, -0.2) is 0 Å². The second-order valence-corrected chi connectivity index (χ2v) is 4.07. The third-order valence-corrected chi connectivity index (χ3v) is 2.38. The van der Waals surface area contributed by atoms with E-state index in [0.717, 1.165) is 0 Å². The Bertz CT molecular complexity index is 250. The first-order valence-corrected chi connectivity index (χ1v) is 6.01. The van der Waals surface area contributed by atoms with Gasteiger partial charge in [0.05, 0.1) is 25.9 Å². The zero-order valence-corrected chi connectivity index (χ0v) is 11.1. The lowest BCUT2D eigenvalue weighted by atomic mass is 10.3. The molecule has 0 spiro atoms. The minimum Gasteiger partial charge on any atom is -0.480 e. The molecule has 1 unspecified atom stereocenters. The van der Waals surface area contributed by atoms with E-state index in [2.05, 4.69) is 17.9 Å². The Morgan fingerprint density at radius 1 is 1.53 bits per heavy atom. The zero-order chi connectivity index (χ0) is 13.3. The molecule has 0 heterocycles. The van der Waals surface area contributed by atoms with Crippen molar-refractivity contribution >= 4 is 24.5 Å². The molecule has 0 radical (unpaired) electrons. The lowest BCUT2D eigenvalue weighted by molar-refractivity contribution is -0.139. The monoisotopic (exact) mass is 264 g/mol. The molecule has 0 fully saturated rings. The van der Waals surface area contributed by atoms with Gasteiger partial charge in [-0.3, -0.25) is 14.5 Å². The van der Waals surface area contributed by atoms with Gasteiger partial charge in [-0.2, -0.15) is 12.6 Å². The molecule has 1 amide bonds. The van der Waals surface area contributed by atoms with Crippen LogP contribution in [0, 0.1) is 0 Å². The molecule has 0 aromatic heterocycles. The van der Waals surface area contributed by atoms with E-state index in [-0.39, 0.29) is 25.2 Å². The van der Waals surface area contributed by atoms with Crippen LogP contribution in [0.3, 0.4) is 0 Å². The van der Waals surface area contributed by atoms with E-state index in [0.29, 0.717) is 18.8 Å². The molecule has 0 rings (SSSR count). The molecule has 0 aromatic carbocycles. The number of rotatable bonds is 9. The highest BCUT2D eigenvalue weighted by molar-refractivity contribution is 7.80. The fourth-order valence-electron chi connectivity index (χ4n) is 1.10. The van der Waals surface area contributed by atoms with Gasteiger partial charge in [-0.15, -0.1) is 0 Å². The summed E-state index contributed by atoms with van der Waals surface area (Å²) < 4.78 is 5.29. The fourth-order valence-corrected chi connectivity index (χ4v) is 1.29. The van der Waals surface area contributed by atoms with E-state index in [1.807, 2.05) is 0 Å². The predicted molar refractivity (Wildman–Crippen MR) is 67.2 cm³/mol. The van der Waals surface area contributed by atoms with Gasteiger partial charge in [0, 0.05) is 12.2 Å². The van der Waals surface area contributed by atoms with Gasteiger partial charge in [0.2, 0.25) is 5.91 Å². The van der Waals surface area contributed by atoms with E-state index in [1.165, 1.54) is 4.90 Å². The quantitative estimate of drug-likeness (QED) is 0.397. The summed E-state index contributed by atoms with van der Waals surface area (Å²) in [6.07, 6.45) is 0.420. The van der Waals surface area contributed by atoms with Crippen LogP contribution in [0.5, 0.6) is 0 Å². The Kier molecular flexibility index (Phi) is 8.83. The number of aliphatic carboxylic acids is 1. The Labute approximate surface area is 107 Å². The molecule has 0 aliphatic rings. The molecule has 0 bridgehead atoms. The van der Waals surface area contributed by atoms with Gasteiger partial charge in [0.25, 0.3) is 0 Å². The second-order valence-electron chi connectivity index (χ2n) is 3.71. The van der Waals surface area contributed by atoms with E-state index in [4.69, 9.17) is 9.84 Å². The van der Waals surface area contributed by atoms with Crippen LogP contribution < -0.4 is 5.32 Å². The maximum absolute atomic E-state index is 11.1. The number of carboxylic acid groups (broad SMARTS) is 1. The maximum Gasteiger partial charge on any atom is 0.317 e. The van der Waals surface area contributed by atoms with Gasteiger partial charge in [-0.1, -0.05) is 6.92 Å². The number of nitrogens with zero attached hydrogens (tertiary/aromatic N) is 1. The Morgan fingerprint density at radius 2 is 2.18 bits per heavy atom. The topological polar surface area (TPSA) is 78.9 Å². The van der Waals surface area contributed by atoms with Crippen molar-refractivity contribution < 1.29 is 19.4 Å². The van der Waals surface area contributed by atoms with Crippen LogP contribution in [0.2, 0.25) is 0 Å². The fraction of sp³-hybridized carbons (Fsp3) is 0.800. The molecule has 0 aromatic rings. The second kappa shape index (κ2) is 9.26. The van der Waals surface area contributed by atoms with Crippen molar-refractivity contribution in [2.24, 2.45) is 0 Å². The summed E-state index contributed by atoms with van der Waals surface area (Å²) in [7, 11) is 1.65. The summed E-state index contributed by atoms with van der Waals surface area (Å²) in [5.41, 5.74) is 0. The Balaban J connectivity index is 3.76. The summed E-state index contributed by atoms with van der Waals surface area (Å²) in [4.78, 5) is 23.0. The summed E-state index contributed by atoms with van der Waals surface area (Å²) in [6, 6.07) is -0.149. The number of carbonyl (C=O) groups is 2. The molecular weight excluding hydrogens is 244 g/mol. The summed E-state index contributed by atoms with van der Waals surface area (Å²) >= 11 is 4.11. The minimum atomic E-state index is -0.902. The Hall–Kier alpha value is -0.790. The van der Waals surface area contributed by atoms with Crippen molar-refractivity contribution in [3.8, 4) is 0 Å². The smallest absolute Gasteiger partial charge is 0.317 e. The van der Waals surface area contributed by atoms with Gasteiger partial charge >= 0.3 is 5.97 Å². The van der Waals surface area contributed by atoms with E-state index >= 15 is 0 Å². The average Bonchev–Trinajstić information content (AvgIpc) is 2.26. The van der Waals surface area contributed by atoms with Crippen molar-refractivity contribution in [2.75, 3.05) is 32.7 Å². The lowest BCUT2D eigenvalue weighted by Gasteiger charge is -2.19. The number of thiol groups is 1. The molecule has 7 heteroatoms. The minimum absolute atomic E-state index is 0.0495. The number of carbonyl (C=O) groups excluding carboxylic acids is 1. The zero-order valence-electron chi connectivity index (χ0n) is 10.2. The number of likely N-dealkylation sites (N-methyl/N-ethyl adjacent to an activating group) is 1. The molecule has 0 aliphatic heterocycles. The van der Waals surface area contributed by atoms with Crippen LogP contribution in [0.15, 0.2) is 0 Å². The molecule has 100 valence electrons. The normalized spacial score (nSPS) is 12.5. The summed E-state index contributed by atoms with van der Waals surface area (Å²) in [5.74, 6) is -0.471. The van der Waals surface area contributed by atoms with Crippen molar-refractivity contribution in [2.45, 2.75) is 19.4 Å². The third-order valence-electron chi connectivity index (χ3n) is 1.94. The molecule has 0 saturated carbocycles. The van der Waals surface area contributed by atoms with E-state index in [9.17, 15) is 9.59 Å². The maximum atomic E-state index is 11.1. The molecule has 0 aliphatic carbocycles. The highest BCUT2D eigenvalue weighted by atomic mass is 32.1. The first kappa shape index (κ1) is 16.2. The number of nitrogens with one attached hydrogen (secondary N) is 1. The number of hydrogen-bond acceptors (Lipinski definition) is 5. The summed E-state index contributed by atoms with van der Waals surface area (Å²) in [6.45, 7) is 2.22. The first-order valence-electron chi connectivity index (χ1n) is 5.37. The standard InChI is InChI=1S/C10H20N2O4S/c1-3-9(13)11-8(6-17)5-16-7-12(2)4-10(14)15/h8,17H,3-7H2,1-2H3,(H,11,13)(H,14,15). The molecule has 1 atom stereocenters. The van der Waals surface area contributed by atoms with Crippen LogP contribution in [-0.2, 0) is 14.3 Å². The van der Waals surface area contributed by atoms with Crippen LogP contribution in [-0.4, -0.2) is 60.6 Å². The van der Waals surface area contributed by atoms with Crippen LogP contribution in [0.25, 0.3) is 0 Å². The van der Waals surface area contributed by atoms with Gasteiger partial charge in [-0.05, 0) is 7.05 Å². The van der Waals surface area contributed by atoms with Crippen molar-refractivity contribution in [1.82, 2.24) is 10.2 Å². The summed E-state index contributed by atoms with van der Waals surface area (Å²) in [5, 5.41) is 11.3. The number of amides is 1. The van der Waals surface area contributed by atoms with E-state index < -0.39 is 5.97 Å². The highest BCUT2D eigenvalue weighted by Gasteiger charge is 2.10. The molecule has 0 saturated heterocycles. The van der Waals surface area contributed by atoms with Gasteiger partial charge in [0.1, 0.15) is 0 Å². The van der Waals surface area contributed by atoms with Crippen LogP contribution in [0.1, 0.15) is 13.3 Å². The van der Waals surface area contributed by atoms with Crippen molar-refractivity contribution in [3.05, 3.63) is 0 Å². The largest absolute Gasteiger partial charge is 0.480 e. The number of ether oxygens (including phenoxy) is 1. The SMILES string of the molecule is CCC(=O)NC(CS)COCN(C)CC(=O)O. The molecule has 6 nitrogen and oxygen atoms in total. The first-order chi connectivity index (χ1) is 7.99. The van der Waals surface area contributed by atoms with Gasteiger partial charge < -0.3 is 15.2 Å².